The maximum atomic E-state index is 4.46. The van der Waals surface area contributed by atoms with Gasteiger partial charge in [0.25, 0.3) is 0 Å². The largest absolute Gasteiger partial charge is 0.355 e. The fraction of sp³-hybridized carbons (Fsp3) is 0.368. The van der Waals surface area contributed by atoms with Gasteiger partial charge in [-0.1, -0.05) is 37.3 Å². The highest BCUT2D eigenvalue weighted by atomic mass is 127. The first-order chi connectivity index (χ1) is 13.3. The van der Waals surface area contributed by atoms with Crippen molar-refractivity contribution < 1.29 is 0 Å². The third-order valence-corrected chi connectivity index (χ3v) is 4.29. The lowest BCUT2D eigenvalue weighted by Gasteiger charge is -2.13. The topological polar surface area (TPSA) is 84.9 Å². The average Bonchev–Trinajstić information content (AvgIpc) is 3.34. The number of nitrogens with zero attached hydrogens (tertiary/aromatic N) is 6. The van der Waals surface area contributed by atoms with Gasteiger partial charge in [0, 0.05) is 45.5 Å². The van der Waals surface area contributed by atoms with Crippen LogP contribution >= 0.6 is 24.0 Å². The number of nitrogens with one attached hydrogen (secondary N) is 2. The van der Waals surface area contributed by atoms with Crippen LogP contribution in [0.4, 0.5) is 0 Å². The summed E-state index contributed by atoms with van der Waals surface area (Å²) in [5, 5.41) is 14.7. The Labute approximate surface area is 182 Å². The molecule has 0 fully saturated rings. The molecule has 0 aliphatic rings. The van der Waals surface area contributed by atoms with E-state index in [9.17, 15) is 0 Å². The lowest BCUT2D eigenvalue weighted by atomic mass is 10.2. The molecule has 28 heavy (non-hydrogen) atoms. The molecule has 0 aliphatic carbocycles. The lowest BCUT2D eigenvalue weighted by molar-refractivity contribution is 0.627. The highest BCUT2D eigenvalue weighted by molar-refractivity contribution is 14.0. The molecule has 0 saturated carbocycles. The van der Waals surface area contributed by atoms with Crippen LogP contribution in [-0.4, -0.2) is 43.9 Å². The van der Waals surface area contributed by atoms with Crippen molar-refractivity contribution in [3.8, 4) is 0 Å². The van der Waals surface area contributed by atoms with Crippen LogP contribution in [0.15, 0.2) is 54.0 Å². The van der Waals surface area contributed by atoms with Gasteiger partial charge in [-0.25, -0.2) is 4.98 Å². The van der Waals surface area contributed by atoms with Crippen molar-refractivity contribution in [1.82, 2.24) is 34.9 Å². The molecule has 9 heteroatoms. The van der Waals surface area contributed by atoms with Crippen LogP contribution in [0.2, 0.25) is 0 Å². The van der Waals surface area contributed by atoms with E-state index in [-0.39, 0.29) is 24.0 Å². The molecule has 0 aliphatic heterocycles. The van der Waals surface area contributed by atoms with Crippen molar-refractivity contribution >= 4 is 29.9 Å². The standard InChI is InChI=1S/C19H26N8.HI/c1-3-17-25-24-15-27(17)12-10-22-19(20-2)23-13-18-21-9-11-26(18)14-16-7-5-4-6-8-16;/h4-9,11,15H,3,10,12-14H2,1-2H3,(H2,20,22,23);1H. The summed E-state index contributed by atoms with van der Waals surface area (Å²) in [5.74, 6) is 2.70. The summed E-state index contributed by atoms with van der Waals surface area (Å²) in [6.07, 6.45) is 6.46. The molecule has 0 amide bonds. The Morgan fingerprint density at radius 2 is 1.93 bits per heavy atom. The Hall–Kier alpha value is -2.43. The van der Waals surface area contributed by atoms with Crippen molar-refractivity contribution in [3.63, 3.8) is 0 Å². The average molecular weight is 494 g/mol. The second-order valence-electron chi connectivity index (χ2n) is 6.10. The number of halogens is 1. The third kappa shape index (κ3) is 6.04. The van der Waals surface area contributed by atoms with E-state index >= 15 is 0 Å². The van der Waals surface area contributed by atoms with Gasteiger partial charge in [0.2, 0.25) is 0 Å². The SMILES string of the molecule is CCc1nncn1CCNC(=NC)NCc1nccn1Cc1ccccc1.I. The van der Waals surface area contributed by atoms with Crippen LogP contribution in [-0.2, 0) is 26.1 Å². The minimum absolute atomic E-state index is 0. The fourth-order valence-electron chi connectivity index (χ4n) is 2.85. The molecule has 0 radical (unpaired) electrons. The van der Waals surface area contributed by atoms with E-state index in [1.54, 1.807) is 13.4 Å². The maximum absolute atomic E-state index is 4.46. The molecule has 1 aromatic carbocycles. The van der Waals surface area contributed by atoms with Crippen molar-refractivity contribution in [2.75, 3.05) is 13.6 Å². The van der Waals surface area contributed by atoms with E-state index in [4.69, 9.17) is 0 Å². The first-order valence-electron chi connectivity index (χ1n) is 9.15. The summed E-state index contributed by atoms with van der Waals surface area (Å²) >= 11 is 0. The van der Waals surface area contributed by atoms with E-state index in [0.717, 1.165) is 43.7 Å². The van der Waals surface area contributed by atoms with Crippen LogP contribution in [0.3, 0.4) is 0 Å². The zero-order valence-electron chi connectivity index (χ0n) is 16.2. The summed E-state index contributed by atoms with van der Waals surface area (Å²) in [4.78, 5) is 8.74. The Kier molecular flexibility index (Phi) is 8.92. The van der Waals surface area contributed by atoms with Gasteiger partial charge in [-0.05, 0) is 5.56 Å². The van der Waals surface area contributed by atoms with Gasteiger partial charge in [-0.3, -0.25) is 4.99 Å². The zero-order valence-corrected chi connectivity index (χ0v) is 18.6. The second-order valence-corrected chi connectivity index (χ2v) is 6.10. The molecule has 0 spiro atoms. The lowest BCUT2D eigenvalue weighted by Crippen LogP contribution is -2.39. The third-order valence-electron chi connectivity index (χ3n) is 4.29. The first-order valence-corrected chi connectivity index (χ1v) is 9.15. The molecule has 150 valence electrons. The number of hydrogen-bond acceptors (Lipinski definition) is 4. The molecular formula is C19H27IN8. The Morgan fingerprint density at radius 3 is 2.68 bits per heavy atom. The highest BCUT2D eigenvalue weighted by Crippen LogP contribution is 2.05. The van der Waals surface area contributed by atoms with Gasteiger partial charge in [-0.15, -0.1) is 34.2 Å². The number of guanidine groups is 1. The van der Waals surface area contributed by atoms with E-state index in [0.29, 0.717) is 6.54 Å². The Balaban J connectivity index is 0.00000280. The van der Waals surface area contributed by atoms with Gasteiger partial charge in [-0.2, -0.15) is 0 Å². The van der Waals surface area contributed by atoms with E-state index in [2.05, 4.69) is 66.6 Å². The molecule has 0 bridgehead atoms. The Morgan fingerprint density at radius 1 is 1.11 bits per heavy atom. The number of aromatic nitrogens is 5. The summed E-state index contributed by atoms with van der Waals surface area (Å²) in [7, 11) is 1.77. The molecule has 0 unspecified atom stereocenters. The van der Waals surface area contributed by atoms with Gasteiger partial charge >= 0.3 is 0 Å². The Bertz CT molecular complexity index is 856. The van der Waals surface area contributed by atoms with Crippen molar-refractivity contribution in [2.45, 2.75) is 33.0 Å². The fourth-order valence-corrected chi connectivity index (χ4v) is 2.85. The molecule has 3 aromatic rings. The van der Waals surface area contributed by atoms with Crippen molar-refractivity contribution in [1.29, 1.82) is 0 Å². The van der Waals surface area contributed by atoms with Gasteiger partial charge in [0.15, 0.2) is 5.96 Å². The summed E-state index contributed by atoms with van der Waals surface area (Å²) in [6.45, 7) is 5.01. The number of hydrogen-bond donors (Lipinski definition) is 2. The summed E-state index contributed by atoms with van der Waals surface area (Å²) in [5.41, 5.74) is 1.25. The van der Waals surface area contributed by atoms with E-state index in [1.807, 2.05) is 23.0 Å². The number of imidazole rings is 1. The molecule has 0 saturated heterocycles. The number of aliphatic imine (C=N–C) groups is 1. The van der Waals surface area contributed by atoms with E-state index in [1.165, 1.54) is 5.56 Å². The smallest absolute Gasteiger partial charge is 0.191 e. The molecule has 2 N–H and O–H groups in total. The monoisotopic (exact) mass is 494 g/mol. The first kappa shape index (κ1) is 21.9. The predicted molar refractivity (Wildman–Crippen MR) is 121 cm³/mol. The van der Waals surface area contributed by atoms with Gasteiger partial charge < -0.3 is 19.8 Å². The molecule has 8 nitrogen and oxygen atoms in total. The minimum atomic E-state index is 0. The molecule has 0 atom stereocenters. The number of aryl methyl sites for hydroxylation is 1. The molecule has 3 rings (SSSR count). The highest BCUT2D eigenvalue weighted by Gasteiger charge is 2.06. The summed E-state index contributed by atoms with van der Waals surface area (Å²) < 4.78 is 4.19. The van der Waals surface area contributed by atoms with Crippen LogP contribution < -0.4 is 10.6 Å². The minimum Gasteiger partial charge on any atom is -0.355 e. The van der Waals surface area contributed by atoms with Crippen molar-refractivity contribution in [2.24, 2.45) is 4.99 Å². The molecule has 2 heterocycles. The summed E-state index contributed by atoms with van der Waals surface area (Å²) in [6, 6.07) is 10.4. The molecule has 2 aromatic heterocycles. The zero-order chi connectivity index (χ0) is 18.9. The van der Waals surface area contributed by atoms with Crippen molar-refractivity contribution in [3.05, 3.63) is 66.3 Å². The van der Waals surface area contributed by atoms with Crippen LogP contribution in [0.25, 0.3) is 0 Å². The van der Waals surface area contributed by atoms with Gasteiger partial charge in [0.1, 0.15) is 18.0 Å². The van der Waals surface area contributed by atoms with Crippen LogP contribution in [0, 0.1) is 0 Å². The normalized spacial score (nSPS) is 11.1. The maximum Gasteiger partial charge on any atom is 0.191 e. The van der Waals surface area contributed by atoms with Crippen LogP contribution in [0.5, 0.6) is 0 Å². The van der Waals surface area contributed by atoms with Gasteiger partial charge in [0.05, 0.1) is 6.54 Å². The van der Waals surface area contributed by atoms with E-state index < -0.39 is 0 Å². The predicted octanol–water partition coefficient (Wildman–Crippen LogP) is 2.07. The van der Waals surface area contributed by atoms with Crippen LogP contribution in [0.1, 0.15) is 24.1 Å². The molecular weight excluding hydrogens is 467 g/mol. The number of rotatable bonds is 8. The quantitative estimate of drug-likeness (QED) is 0.285. The number of benzene rings is 1. The second kappa shape index (κ2) is 11.4.